The lowest BCUT2D eigenvalue weighted by Gasteiger charge is -2.12. The SMILES string of the molecule is CSCCC(NCc1ccc(-c2cccc([N+](=O)[O-])c2)o1)C(=O)O. The Bertz CT molecular complexity index is 716. The summed E-state index contributed by atoms with van der Waals surface area (Å²) in [6, 6.07) is 8.98. The molecule has 2 rings (SSSR count). The number of carboxylic acids is 1. The lowest BCUT2D eigenvalue weighted by atomic mass is 10.1. The number of nitro benzene ring substituents is 1. The fourth-order valence-electron chi connectivity index (χ4n) is 2.17. The van der Waals surface area contributed by atoms with Crippen LogP contribution in [0.5, 0.6) is 0 Å². The van der Waals surface area contributed by atoms with Crippen LogP contribution in [0.4, 0.5) is 5.69 Å². The van der Waals surface area contributed by atoms with Gasteiger partial charge in [0.1, 0.15) is 17.6 Å². The maximum atomic E-state index is 11.2. The highest BCUT2D eigenvalue weighted by Crippen LogP contribution is 2.25. The molecule has 1 unspecified atom stereocenters. The van der Waals surface area contributed by atoms with Crippen LogP contribution in [-0.4, -0.2) is 34.0 Å². The number of furan rings is 1. The van der Waals surface area contributed by atoms with Crippen molar-refractivity contribution in [2.75, 3.05) is 12.0 Å². The maximum absolute atomic E-state index is 11.2. The molecule has 1 aromatic carbocycles. The van der Waals surface area contributed by atoms with Crippen molar-refractivity contribution in [1.82, 2.24) is 5.32 Å². The Morgan fingerprint density at radius 3 is 2.88 bits per heavy atom. The number of benzene rings is 1. The number of non-ortho nitro benzene ring substituents is 1. The first-order chi connectivity index (χ1) is 11.5. The quantitative estimate of drug-likeness (QED) is 0.528. The molecule has 0 fully saturated rings. The molecule has 0 amide bonds. The summed E-state index contributed by atoms with van der Waals surface area (Å²) in [5, 5.41) is 23.0. The molecule has 24 heavy (non-hydrogen) atoms. The Morgan fingerprint density at radius 2 is 2.21 bits per heavy atom. The van der Waals surface area contributed by atoms with Crippen molar-refractivity contribution in [2.45, 2.75) is 19.0 Å². The molecular formula is C16H18N2O5S. The molecule has 0 bridgehead atoms. The Labute approximate surface area is 143 Å². The highest BCUT2D eigenvalue weighted by atomic mass is 32.2. The average molecular weight is 350 g/mol. The van der Waals surface area contributed by atoms with E-state index in [2.05, 4.69) is 5.32 Å². The summed E-state index contributed by atoms with van der Waals surface area (Å²) in [6.07, 6.45) is 2.45. The van der Waals surface area contributed by atoms with Crippen LogP contribution in [0.2, 0.25) is 0 Å². The molecule has 0 aliphatic carbocycles. The van der Waals surface area contributed by atoms with Gasteiger partial charge in [0.25, 0.3) is 5.69 Å². The summed E-state index contributed by atoms with van der Waals surface area (Å²) in [4.78, 5) is 21.6. The zero-order valence-electron chi connectivity index (χ0n) is 13.1. The molecule has 0 radical (unpaired) electrons. The van der Waals surface area contributed by atoms with Crippen LogP contribution in [0.3, 0.4) is 0 Å². The molecule has 8 heteroatoms. The summed E-state index contributed by atoms with van der Waals surface area (Å²) in [5.41, 5.74) is 0.596. The predicted octanol–water partition coefficient (Wildman–Crippen LogP) is 3.15. The lowest BCUT2D eigenvalue weighted by molar-refractivity contribution is -0.384. The second kappa shape index (κ2) is 8.51. The average Bonchev–Trinajstić information content (AvgIpc) is 3.03. The number of hydrogen-bond donors (Lipinski definition) is 2. The third kappa shape index (κ3) is 4.84. The number of aliphatic carboxylic acids is 1. The molecule has 0 saturated heterocycles. The minimum absolute atomic E-state index is 0.00779. The van der Waals surface area contributed by atoms with E-state index in [9.17, 15) is 20.0 Å². The van der Waals surface area contributed by atoms with Crippen LogP contribution in [0, 0.1) is 10.1 Å². The van der Waals surface area contributed by atoms with Crippen LogP contribution >= 0.6 is 11.8 Å². The number of rotatable bonds is 9. The third-order valence-electron chi connectivity index (χ3n) is 3.43. The Morgan fingerprint density at radius 1 is 1.42 bits per heavy atom. The molecule has 0 spiro atoms. The van der Waals surface area contributed by atoms with E-state index in [1.165, 1.54) is 12.1 Å². The number of nitrogens with one attached hydrogen (secondary N) is 1. The summed E-state index contributed by atoms with van der Waals surface area (Å²) in [7, 11) is 0. The van der Waals surface area contributed by atoms with Crippen LogP contribution in [0.15, 0.2) is 40.8 Å². The highest BCUT2D eigenvalue weighted by Gasteiger charge is 2.17. The first-order valence-electron chi connectivity index (χ1n) is 7.30. The summed E-state index contributed by atoms with van der Waals surface area (Å²) in [6.45, 7) is 0.278. The first kappa shape index (κ1) is 18.0. The largest absolute Gasteiger partial charge is 0.480 e. The number of thioether (sulfide) groups is 1. The third-order valence-corrected chi connectivity index (χ3v) is 4.08. The van der Waals surface area contributed by atoms with Crippen molar-refractivity contribution in [2.24, 2.45) is 0 Å². The fraction of sp³-hybridized carbons (Fsp3) is 0.312. The Hall–Kier alpha value is -2.32. The van der Waals surface area contributed by atoms with Gasteiger partial charge in [-0.15, -0.1) is 0 Å². The van der Waals surface area contributed by atoms with E-state index in [1.807, 2.05) is 6.26 Å². The molecule has 0 saturated carbocycles. The highest BCUT2D eigenvalue weighted by molar-refractivity contribution is 7.98. The number of nitrogens with zero attached hydrogens (tertiary/aromatic N) is 1. The van der Waals surface area contributed by atoms with Crippen molar-refractivity contribution < 1.29 is 19.2 Å². The first-order valence-corrected chi connectivity index (χ1v) is 8.69. The van der Waals surface area contributed by atoms with Crippen LogP contribution < -0.4 is 5.32 Å². The predicted molar refractivity (Wildman–Crippen MR) is 92.1 cm³/mol. The standard InChI is InChI=1S/C16H18N2O5S/c1-24-8-7-14(16(19)20)17-10-13-5-6-15(23-13)11-3-2-4-12(9-11)18(21)22/h2-6,9,14,17H,7-8,10H2,1H3,(H,19,20). The van der Waals surface area contributed by atoms with Crippen molar-refractivity contribution in [1.29, 1.82) is 0 Å². The molecule has 0 aliphatic heterocycles. The van der Waals surface area contributed by atoms with Crippen molar-refractivity contribution in [3.05, 3.63) is 52.3 Å². The van der Waals surface area contributed by atoms with Gasteiger partial charge in [0.05, 0.1) is 11.5 Å². The van der Waals surface area contributed by atoms with Crippen molar-refractivity contribution in [3.63, 3.8) is 0 Å². The number of nitro groups is 1. The lowest BCUT2D eigenvalue weighted by Crippen LogP contribution is -2.36. The zero-order valence-corrected chi connectivity index (χ0v) is 13.9. The van der Waals surface area contributed by atoms with Gasteiger partial charge in [0.2, 0.25) is 0 Å². The fourth-order valence-corrected chi connectivity index (χ4v) is 2.64. The van der Waals surface area contributed by atoms with Gasteiger partial charge in [-0.05, 0) is 30.6 Å². The molecule has 0 aliphatic rings. The molecule has 2 N–H and O–H groups in total. The maximum Gasteiger partial charge on any atom is 0.320 e. The molecular weight excluding hydrogens is 332 g/mol. The van der Waals surface area contributed by atoms with Gasteiger partial charge in [-0.2, -0.15) is 11.8 Å². The van der Waals surface area contributed by atoms with E-state index in [0.717, 1.165) is 5.75 Å². The van der Waals surface area contributed by atoms with Crippen molar-refractivity contribution >= 4 is 23.4 Å². The van der Waals surface area contributed by atoms with Gasteiger partial charge in [-0.3, -0.25) is 20.2 Å². The van der Waals surface area contributed by atoms with Gasteiger partial charge in [-0.25, -0.2) is 0 Å². The second-order valence-corrected chi connectivity index (χ2v) is 6.11. The number of carbonyl (C=O) groups is 1. The van der Waals surface area contributed by atoms with Gasteiger partial charge >= 0.3 is 5.97 Å². The van der Waals surface area contributed by atoms with Gasteiger partial charge < -0.3 is 9.52 Å². The molecule has 7 nitrogen and oxygen atoms in total. The summed E-state index contributed by atoms with van der Waals surface area (Å²) >= 11 is 1.59. The zero-order chi connectivity index (χ0) is 17.5. The van der Waals surface area contributed by atoms with E-state index in [4.69, 9.17) is 4.42 Å². The molecule has 128 valence electrons. The molecule has 2 aromatic rings. The number of hydrogen-bond acceptors (Lipinski definition) is 6. The monoisotopic (exact) mass is 350 g/mol. The smallest absolute Gasteiger partial charge is 0.320 e. The van der Waals surface area contributed by atoms with Crippen LogP contribution in [0.25, 0.3) is 11.3 Å². The van der Waals surface area contributed by atoms with E-state index in [0.29, 0.717) is 23.5 Å². The Kier molecular flexibility index (Phi) is 6.39. The molecule has 1 atom stereocenters. The van der Waals surface area contributed by atoms with Gasteiger partial charge in [0, 0.05) is 17.7 Å². The van der Waals surface area contributed by atoms with E-state index >= 15 is 0 Å². The number of carboxylic acid groups (broad SMARTS) is 1. The minimum Gasteiger partial charge on any atom is -0.480 e. The van der Waals surface area contributed by atoms with Crippen LogP contribution in [0.1, 0.15) is 12.2 Å². The van der Waals surface area contributed by atoms with Gasteiger partial charge in [-0.1, -0.05) is 12.1 Å². The van der Waals surface area contributed by atoms with Crippen LogP contribution in [-0.2, 0) is 11.3 Å². The normalized spacial score (nSPS) is 12.0. The minimum atomic E-state index is -0.894. The summed E-state index contributed by atoms with van der Waals surface area (Å²) in [5.74, 6) is 0.939. The van der Waals surface area contributed by atoms with E-state index in [1.54, 1.807) is 36.0 Å². The molecule has 1 heterocycles. The summed E-state index contributed by atoms with van der Waals surface area (Å²) < 4.78 is 5.66. The van der Waals surface area contributed by atoms with Crippen molar-refractivity contribution in [3.8, 4) is 11.3 Å². The van der Waals surface area contributed by atoms with Gasteiger partial charge in [0.15, 0.2) is 0 Å². The topological polar surface area (TPSA) is 106 Å². The second-order valence-electron chi connectivity index (χ2n) is 5.13. The Balaban J connectivity index is 2.04. The molecule has 1 aromatic heterocycles. The van der Waals surface area contributed by atoms with E-state index < -0.39 is 16.9 Å². The van der Waals surface area contributed by atoms with E-state index in [-0.39, 0.29) is 12.2 Å².